The summed E-state index contributed by atoms with van der Waals surface area (Å²) >= 11 is 0. The molecule has 2 aliphatic rings. The molecule has 5 nitrogen and oxygen atoms in total. The monoisotopic (exact) mass is 251 g/mol. The number of ether oxygens (including phenoxy) is 2. The fraction of sp³-hybridized carbons (Fsp3) is 0.769. The van der Waals surface area contributed by atoms with E-state index in [0.717, 1.165) is 38.5 Å². The predicted octanol–water partition coefficient (Wildman–Crippen LogP) is 1.02. The van der Waals surface area contributed by atoms with Crippen molar-refractivity contribution >= 4 is 0 Å². The summed E-state index contributed by atoms with van der Waals surface area (Å²) in [7, 11) is 2.02. The molecule has 0 aliphatic carbocycles. The fourth-order valence-electron chi connectivity index (χ4n) is 2.84. The van der Waals surface area contributed by atoms with Crippen molar-refractivity contribution in [3.05, 3.63) is 18.2 Å². The standard InChI is InChI=1S/C13H21N3O2/c1-16-6-5-14-13(16)12-11(4-8-18-12)15-10-3-2-7-17-9-10/h5-6,10-12,15H,2-4,7-9H2,1H3/t10-,11+,12+/m1/s1. The molecule has 0 bridgehead atoms. The highest BCUT2D eigenvalue weighted by Crippen LogP contribution is 2.28. The van der Waals surface area contributed by atoms with E-state index in [1.165, 1.54) is 6.42 Å². The van der Waals surface area contributed by atoms with Gasteiger partial charge in [0.25, 0.3) is 0 Å². The topological polar surface area (TPSA) is 48.3 Å². The first kappa shape index (κ1) is 12.1. The molecule has 1 aromatic heterocycles. The summed E-state index contributed by atoms with van der Waals surface area (Å²) in [6.45, 7) is 2.54. The van der Waals surface area contributed by atoms with E-state index in [1.54, 1.807) is 0 Å². The molecule has 2 saturated heterocycles. The van der Waals surface area contributed by atoms with Crippen LogP contribution in [0.15, 0.2) is 12.4 Å². The fourth-order valence-corrected chi connectivity index (χ4v) is 2.84. The van der Waals surface area contributed by atoms with Crippen molar-refractivity contribution in [3.63, 3.8) is 0 Å². The molecule has 2 fully saturated rings. The van der Waals surface area contributed by atoms with E-state index in [2.05, 4.69) is 10.3 Å². The summed E-state index contributed by atoms with van der Waals surface area (Å²) in [6, 6.07) is 0.825. The van der Waals surface area contributed by atoms with Crippen LogP contribution in [-0.4, -0.2) is 41.5 Å². The van der Waals surface area contributed by atoms with Crippen LogP contribution in [0.1, 0.15) is 31.2 Å². The van der Waals surface area contributed by atoms with E-state index in [1.807, 2.05) is 24.0 Å². The maximum absolute atomic E-state index is 5.85. The van der Waals surface area contributed by atoms with Gasteiger partial charge >= 0.3 is 0 Å². The molecular formula is C13H21N3O2. The van der Waals surface area contributed by atoms with Crippen molar-refractivity contribution in [2.45, 2.75) is 37.5 Å². The van der Waals surface area contributed by atoms with Crippen LogP contribution in [-0.2, 0) is 16.5 Å². The van der Waals surface area contributed by atoms with Crippen LogP contribution in [0, 0.1) is 0 Å². The maximum Gasteiger partial charge on any atom is 0.139 e. The molecule has 5 heteroatoms. The summed E-state index contributed by atoms with van der Waals surface area (Å²) in [5.74, 6) is 1.02. The van der Waals surface area contributed by atoms with Gasteiger partial charge in [0.15, 0.2) is 0 Å². The van der Waals surface area contributed by atoms with E-state index in [4.69, 9.17) is 9.47 Å². The van der Waals surface area contributed by atoms with Crippen molar-refractivity contribution in [2.24, 2.45) is 7.05 Å². The summed E-state index contributed by atoms with van der Waals surface area (Å²) in [5, 5.41) is 3.68. The molecule has 3 rings (SSSR count). The minimum absolute atomic E-state index is 0.0759. The molecule has 18 heavy (non-hydrogen) atoms. The lowest BCUT2D eigenvalue weighted by Crippen LogP contribution is -2.44. The summed E-state index contributed by atoms with van der Waals surface area (Å²) in [5.41, 5.74) is 0. The molecule has 0 saturated carbocycles. The van der Waals surface area contributed by atoms with Crippen LogP contribution in [0.5, 0.6) is 0 Å². The van der Waals surface area contributed by atoms with Crippen LogP contribution in [0.4, 0.5) is 0 Å². The van der Waals surface area contributed by atoms with E-state index in [0.29, 0.717) is 12.1 Å². The van der Waals surface area contributed by atoms with Gasteiger partial charge in [-0.1, -0.05) is 0 Å². The Morgan fingerprint density at radius 2 is 2.33 bits per heavy atom. The van der Waals surface area contributed by atoms with Crippen LogP contribution in [0.3, 0.4) is 0 Å². The van der Waals surface area contributed by atoms with Crippen LogP contribution >= 0.6 is 0 Å². The summed E-state index contributed by atoms with van der Waals surface area (Å²) in [6.07, 6.45) is 7.28. The number of aromatic nitrogens is 2. The SMILES string of the molecule is Cn1ccnc1[C@H]1OCC[C@@H]1N[C@@H]1CCCOC1. The third-order valence-electron chi connectivity index (χ3n) is 3.81. The molecule has 0 aromatic carbocycles. The Balaban J connectivity index is 1.66. The maximum atomic E-state index is 5.85. The Morgan fingerprint density at radius 1 is 1.39 bits per heavy atom. The van der Waals surface area contributed by atoms with Crippen molar-refractivity contribution in [2.75, 3.05) is 19.8 Å². The van der Waals surface area contributed by atoms with Crippen LogP contribution in [0.2, 0.25) is 0 Å². The number of aryl methyl sites for hydroxylation is 1. The molecule has 0 spiro atoms. The Kier molecular flexibility index (Phi) is 3.63. The zero-order valence-electron chi connectivity index (χ0n) is 10.8. The lowest BCUT2D eigenvalue weighted by atomic mass is 10.1. The Hall–Kier alpha value is -0.910. The molecule has 0 amide bonds. The second-order valence-corrected chi connectivity index (χ2v) is 5.16. The number of nitrogens with zero attached hydrogens (tertiary/aromatic N) is 2. The van der Waals surface area contributed by atoms with Gasteiger partial charge in [0, 0.05) is 44.7 Å². The molecule has 2 aliphatic heterocycles. The minimum Gasteiger partial charge on any atom is -0.380 e. The zero-order chi connectivity index (χ0) is 12.4. The molecule has 0 radical (unpaired) electrons. The van der Waals surface area contributed by atoms with E-state index < -0.39 is 0 Å². The predicted molar refractivity (Wildman–Crippen MR) is 67.3 cm³/mol. The first-order valence-electron chi connectivity index (χ1n) is 6.77. The molecule has 100 valence electrons. The van der Waals surface area contributed by atoms with Gasteiger partial charge in [0.1, 0.15) is 11.9 Å². The minimum atomic E-state index is 0.0759. The van der Waals surface area contributed by atoms with Crippen LogP contribution in [0.25, 0.3) is 0 Å². The van der Waals surface area contributed by atoms with Gasteiger partial charge in [0.05, 0.1) is 6.61 Å². The first-order chi connectivity index (χ1) is 8.84. The molecule has 1 N–H and O–H groups in total. The highest BCUT2D eigenvalue weighted by Gasteiger charge is 2.33. The molecule has 0 unspecified atom stereocenters. The lowest BCUT2D eigenvalue weighted by molar-refractivity contribution is 0.0517. The molecular weight excluding hydrogens is 230 g/mol. The van der Waals surface area contributed by atoms with E-state index >= 15 is 0 Å². The lowest BCUT2D eigenvalue weighted by Gasteiger charge is -2.28. The number of rotatable bonds is 3. The van der Waals surface area contributed by atoms with Gasteiger partial charge in [-0.15, -0.1) is 0 Å². The highest BCUT2D eigenvalue weighted by molar-refractivity contribution is 5.03. The van der Waals surface area contributed by atoms with Gasteiger partial charge in [0.2, 0.25) is 0 Å². The van der Waals surface area contributed by atoms with Gasteiger partial charge in [-0.3, -0.25) is 0 Å². The quantitative estimate of drug-likeness (QED) is 0.871. The van der Waals surface area contributed by atoms with E-state index in [-0.39, 0.29) is 6.10 Å². The van der Waals surface area contributed by atoms with Crippen molar-refractivity contribution < 1.29 is 9.47 Å². The molecule has 3 atom stereocenters. The van der Waals surface area contributed by atoms with Gasteiger partial charge in [-0.25, -0.2) is 4.98 Å². The second kappa shape index (κ2) is 5.38. The Labute approximate surface area is 107 Å². The first-order valence-corrected chi connectivity index (χ1v) is 6.77. The third-order valence-corrected chi connectivity index (χ3v) is 3.81. The zero-order valence-corrected chi connectivity index (χ0v) is 10.8. The largest absolute Gasteiger partial charge is 0.380 e. The molecule has 3 heterocycles. The Bertz CT molecular complexity index is 387. The smallest absolute Gasteiger partial charge is 0.139 e. The van der Waals surface area contributed by atoms with Gasteiger partial charge in [-0.05, 0) is 19.3 Å². The van der Waals surface area contributed by atoms with Gasteiger partial charge in [-0.2, -0.15) is 0 Å². The molecule has 1 aromatic rings. The summed E-state index contributed by atoms with van der Waals surface area (Å²) < 4.78 is 13.4. The highest BCUT2D eigenvalue weighted by atomic mass is 16.5. The van der Waals surface area contributed by atoms with Crippen molar-refractivity contribution in [3.8, 4) is 0 Å². The van der Waals surface area contributed by atoms with Crippen molar-refractivity contribution in [1.29, 1.82) is 0 Å². The number of nitrogens with one attached hydrogen (secondary N) is 1. The second-order valence-electron chi connectivity index (χ2n) is 5.16. The average molecular weight is 251 g/mol. The van der Waals surface area contributed by atoms with Gasteiger partial charge < -0.3 is 19.4 Å². The number of hydrogen-bond acceptors (Lipinski definition) is 4. The normalized spacial score (nSPS) is 32.8. The third kappa shape index (κ3) is 2.43. The van der Waals surface area contributed by atoms with Crippen molar-refractivity contribution in [1.82, 2.24) is 14.9 Å². The number of hydrogen-bond donors (Lipinski definition) is 1. The average Bonchev–Trinajstić information content (AvgIpc) is 2.99. The summed E-state index contributed by atoms with van der Waals surface area (Å²) in [4.78, 5) is 4.41. The number of imidazole rings is 1. The Morgan fingerprint density at radius 3 is 3.06 bits per heavy atom. The van der Waals surface area contributed by atoms with Crippen LogP contribution < -0.4 is 5.32 Å². The van der Waals surface area contributed by atoms with E-state index in [9.17, 15) is 0 Å².